The SMILES string of the molecule is CCC(=O)N(C=C(Sc1ccccc1)Sc1ccccc1)Cc1ccccc1Br. The molecule has 0 aliphatic heterocycles. The molecule has 0 aliphatic carbocycles. The first-order valence-corrected chi connectivity index (χ1v) is 11.8. The summed E-state index contributed by atoms with van der Waals surface area (Å²) in [4.78, 5) is 16.8. The summed E-state index contributed by atoms with van der Waals surface area (Å²) in [5.74, 6) is 0.0978. The summed E-state index contributed by atoms with van der Waals surface area (Å²) >= 11 is 6.95. The molecule has 0 saturated carbocycles. The minimum atomic E-state index is 0.0978. The molecular weight excluding hydrogens is 462 g/mol. The Balaban J connectivity index is 1.92. The van der Waals surface area contributed by atoms with Crippen molar-refractivity contribution in [3.05, 3.63) is 105 Å². The van der Waals surface area contributed by atoms with Crippen molar-refractivity contribution in [3.63, 3.8) is 0 Å². The third kappa shape index (κ3) is 6.81. The molecule has 0 N–H and O–H groups in total. The van der Waals surface area contributed by atoms with Crippen LogP contribution in [0.5, 0.6) is 0 Å². The van der Waals surface area contributed by atoms with Gasteiger partial charge < -0.3 is 4.90 Å². The van der Waals surface area contributed by atoms with Gasteiger partial charge >= 0.3 is 0 Å². The van der Waals surface area contributed by atoms with E-state index in [9.17, 15) is 4.79 Å². The van der Waals surface area contributed by atoms with E-state index in [1.807, 2.05) is 78.7 Å². The van der Waals surface area contributed by atoms with Crippen LogP contribution >= 0.6 is 39.5 Å². The summed E-state index contributed by atoms with van der Waals surface area (Å²) in [5.41, 5.74) is 1.08. The number of thioether (sulfide) groups is 2. The van der Waals surface area contributed by atoms with E-state index < -0.39 is 0 Å². The van der Waals surface area contributed by atoms with Gasteiger partial charge in [-0.05, 0) is 35.9 Å². The molecule has 0 atom stereocenters. The zero-order chi connectivity index (χ0) is 20.5. The molecule has 0 saturated heterocycles. The van der Waals surface area contributed by atoms with E-state index in [0.717, 1.165) is 24.1 Å². The van der Waals surface area contributed by atoms with E-state index in [0.29, 0.717) is 13.0 Å². The average molecular weight is 484 g/mol. The Morgan fingerprint density at radius 3 is 1.90 bits per heavy atom. The van der Waals surface area contributed by atoms with Gasteiger partial charge in [-0.1, -0.05) is 101 Å². The molecule has 0 spiro atoms. The van der Waals surface area contributed by atoms with E-state index in [1.165, 1.54) is 0 Å². The first-order chi connectivity index (χ1) is 14.2. The Morgan fingerprint density at radius 2 is 1.38 bits per heavy atom. The highest BCUT2D eigenvalue weighted by Crippen LogP contribution is 2.39. The van der Waals surface area contributed by atoms with E-state index in [4.69, 9.17) is 0 Å². The normalized spacial score (nSPS) is 10.4. The zero-order valence-electron chi connectivity index (χ0n) is 16.1. The van der Waals surface area contributed by atoms with Crippen LogP contribution < -0.4 is 0 Å². The number of halogens is 1. The lowest BCUT2D eigenvalue weighted by molar-refractivity contribution is -0.128. The summed E-state index contributed by atoms with van der Waals surface area (Å²) in [6.07, 6.45) is 2.45. The van der Waals surface area contributed by atoms with Crippen molar-refractivity contribution >= 4 is 45.4 Å². The van der Waals surface area contributed by atoms with E-state index in [-0.39, 0.29) is 5.91 Å². The largest absolute Gasteiger partial charge is 0.313 e. The van der Waals surface area contributed by atoms with Crippen LogP contribution in [0.2, 0.25) is 0 Å². The Labute approximate surface area is 189 Å². The van der Waals surface area contributed by atoms with Crippen LogP contribution in [0.3, 0.4) is 0 Å². The van der Waals surface area contributed by atoms with Crippen molar-refractivity contribution < 1.29 is 4.79 Å². The molecule has 5 heteroatoms. The molecule has 0 unspecified atom stereocenters. The second-order valence-electron chi connectivity index (χ2n) is 6.24. The van der Waals surface area contributed by atoms with Gasteiger partial charge in [0.05, 0.1) is 10.8 Å². The number of amides is 1. The third-order valence-corrected chi connectivity index (χ3v) is 7.01. The molecule has 0 fully saturated rings. The first-order valence-electron chi connectivity index (χ1n) is 9.36. The van der Waals surface area contributed by atoms with Gasteiger partial charge in [0.25, 0.3) is 0 Å². The van der Waals surface area contributed by atoms with Crippen molar-refractivity contribution in [2.24, 2.45) is 0 Å². The standard InChI is InChI=1S/C24H22BrNOS2/c1-2-23(27)26(17-19-11-9-10-16-22(19)25)18-24(28-20-12-5-3-6-13-20)29-21-14-7-4-8-15-21/h3-16,18H,2,17H2,1H3. The highest BCUT2D eigenvalue weighted by molar-refractivity contribution is 9.10. The van der Waals surface area contributed by atoms with Crippen molar-refractivity contribution in [3.8, 4) is 0 Å². The molecule has 3 aromatic carbocycles. The number of carbonyl (C=O) groups excluding carboxylic acids is 1. The Hall–Kier alpha value is -1.95. The summed E-state index contributed by atoms with van der Waals surface area (Å²) in [5, 5.41) is 0. The quantitative estimate of drug-likeness (QED) is 0.308. The molecule has 29 heavy (non-hydrogen) atoms. The van der Waals surface area contributed by atoms with Gasteiger partial charge in [0, 0.05) is 26.9 Å². The van der Waals surface area contributed by atoms with E-state index in [2.05, 4.69) is 40.2 Å². The summed E-state index contributed by atoms with van der Waals surface area (Å²) in [7, 11) is 0. The Bertz CT molecular complexity index is 917. The third-order valence-electron chi connectivity index (χ3n) is 4.11. The predicted molar refractivity (Wildman–Crippen MR) is 128 cm³/mol. The van der Waals surface area contributed by atoms with Crippen LogP contribution in [0.1, 0.15) is 18.9 Å². The smallest absolute Gasteiger partial charge is 0.226 e. The number of hydrogen-bond acceptors (Lipinski definition) is 3. The highest BCUT2D eigenvalue weighted by Gasteiger charge is 2.14. The molecule has 1 amide bonds. The average Bonchev–Trinajstić information content (AvgIpc) is 2.75. The molecular formula is C24H22BrNOS2. The molecule has 0 radical (unpaired) electrons. The van der Waals surface area contributed by atoms with Crippen molar-refractivity contribution in [1.82, 2.24) is 4.90 Å². The fraction of sp³-hybridized carbons (Fsp3) is 0.125. The van der Waals surface area contributed by atoms with Crippen LogP contribution in [-0.4, -0.2) is 10.8 Å². The number of benzene rings is 3. The fourth-order valence-electron chi connectivity index (χ4n) is 2.63. The maximum atomic E-state index is 12.7. The monoisotopic (exact) mass is 483 g/mol. The van der Waals surface area contributed by atoms with Crippen LogP contribution in [0.25, 0.3) is 0 Å². The summed E-state index contributed by atoms with van der Waals surface area (Å²) in [6, 6.07) is 28.5. The molecule has 3 aromatic rings. The molecule has 3 rings (SSSR count). The van der Waals surface area contributed by atoms with Gasteiger partial charge in [-0.3, -0.25) is 4.79 Å². The summed E-state index contributed by atoms with van der Waals surface area (Å²) in [6.45, 7) is 2.43. The molecule has 0 bridgehead atoms. The molecule has 0 aliphatic rings. The lowest BCUT2D eigenvalue weighted by atomic mass is 10.2. The van der Waals surface area contributed by atoms with Gasteiger partial charge in [0.2, 0.25) is 5.91 Å². The number of carbonyl (C=O) groups is 1. The Kier molecular flexibility index (Phi) is 8.47. The molecule has 0 heterocycles. The lowest BCUT2D eigenvalue weighted by Gasteiger charge is -2.21. The maximum Gasteiger partial charge on any atom is 0.226 e. The lowest BCUT2D eigenvalue weighted by Crippen LogP contribution is -2.24. The molecule has 148 valence electrons. The second-order valence-corrected chi connectivity index (χ2v) is 9.59. The molecule has 0 aromatic heterocycles. The molecule has 2 nitrogen and oxygen atoms in total. The summed E-state index contributed by atoms with van der Waals surface area (Å²) < 4.78 is 2.06. The number of hydrogen-bond donors (Lipinski definition) is 0. The minimum absolute atomic E-state index is 0.0978. The van der Waals surface area contributed by atoms with Gasteiger partial charge in [-0.15, -0.1) is 0 Å². The first kappa shape index (κ1) is 21.8. The van der Waals surface area contributed by atoms with E-state index >= 15 is 0 Å². The Morgan fingerprint density at radius 1 is 0.862 bits per heavy atom. The van der Waals surface area contributed by atoms with Crippen molar-refractivity contribution in [2.75, 3.05) is 0 Å². The number of rotatable bonds is 8. The van der Waals surface area contributed by atoms with Crippen LogP contribution in [0.4, 0.5) is 0 Å². The van der Waals surface area contributed by atoms with Gasteiger partial charge in [0.15, 0.2) is 0 Å². The predicted octanol–water partition coefficient (Wildman–Crippen LogP) is 7.57. The maximum absolute atomic E-state index is 12.7. The van der Waals surface area contributed by atoms with E-state index in [1.54, 1.807) is 23.5 Å². The van der Waals surface area contributed by atoms with Crippen LogP contribution in [-0.2, 0) is 11.3 Å². The van der Waals surface area contributed by atoms with Crippen molar-refractivity contribution in [1.29, 1.82) is 0 Å². The minimum Gasteiger partial charge on any atom is -0.313 e. The highest BCUT2D eigenvalue weighted by atomic mass is 79.9. The fourth-order valence-corrected chi connectivity index (χ4v) is 5.19. The van der Waals surface area contributed by atoms with Gasteiger partial charge in [-0.25, -0.2) is 0 Å². The number of nitrogens with zero attached hydrogens (tertiary/aromatic N) is 1. The van der Waals surface area contributed by atoms with Gasteiger partial charge in [-0.2, -0.15) is 0 Å². The second kappa shape index (κ2) is 11.3. The zero-order valence-corrected chi connectivity index (χ0v) is 19.3. The topological polar surface area (TPSA) is 20.3 Å². The van der Waals surface area contributed by atoms with Crippen LogP contribution in [0, 0.1) is 0 Å². The van der Waals surface area contributed by atoms with Gasteiger partial charge in [0.1, 0.15) is 0 Å². The van der Waals surface area contributed by atoms with Crippen molar-refractivity contribution in [2.45, 2.75) is 29.7 Å². The van der Waals surface area contributed by atoms with Crippen LogP contribution in [0.15, 0.2) is 110 Å².